The maximum absolute atomic E-state index is 12.0. The van der Waals surface area contributed by atoms with Crippen LogP contribution in [-0.2, 0) is 16.0 Å². The molecule has 0 aromatic heterocycles. The molecule has 2 amide bonds. The van der Waals surface area contributed by atoms with Crippen molar-refractivity contribution in [2.24, 2.45) is 10.8 Å². The zero-order chi connectivity index (χ0) is 15.8. The number of nitrogens with one attached hydrogen (secondary N) is 1. The fourth-order valence-electron chi connectivity index (χ4n) is 1.42. The van der Waals surface area contributed by atoms with Gasteiger partial charge in [-0.1, -0.05) is 12.1 Å². The molecule has 0 heterocycles. The smallest absolute Gasteiger partial charge is 0.387 e. The third-order valence-electron chi connectivity index (χ3n) is 2.50. The second-order valence-electron chi connectivity index (χ2n) is 4.17. The van der Waals surface area contributed by atoms with Crippen molar-refractivity contribution in [1.29, 1.82) is 0 Å². The molecule has 0 atom stereocenters. The van der Waals surface area contributed by atoms with Crippen LogP contribution in [-0.4, -0.2) is 24.1 Å². The Morgan fingerprint density at radius 3 is 2.48 bits per heavy atom. The van der Waals surface area contributed by atoms with E-state index < -0.39 is 18.4 Å². The molecule has 114 valence electrons. The molecular formula is C13H15F2N3O3. The van der Waals surface area contributed by atoms with Crippen LogP contribution in [0.15, 0.2) is 29.4 Å². The lowest BCUT2D eigenvalue weighted by molar-refractivity contribution is -0.137. The highest BCUT2D eigenvalue weighted by Crippen LogP contribution is 2.15. The predicted octanol–water partition coefficient (Wildman–Crippen LogP) is 1.20. The van der Waals surface area contributed by atoms with Gasteiger partial charge in [-0.05, 0) is 37.5 Å². The summed E-state index contributed by atoms with van der Waals surface area (Å²) < 4.78 is 28.2. The van der Waals surface area contributed by atoms with Gasteiger partial charge in [-0.2, -0.15) is 13.9 Å². The van der Waals surface area contributed by atoms with Gasteiger partial charge in [-0.3, -0.25) is 9.59 Å². The van der Waals surface area contributed by atoms with Crippen LogP contribution in [0.25, 0.3) is 0 Å². The number of carbonyl (C=O) groups excluding carboxylic acids is 2. The van der Waals surface area contributed by atoms with Crippen molar-refractivity contribution in [3.05, 3.63) is 29.8 Å². The summed E-state index contributed by atoms with van der Waals surface area (Å²) in [6.07, 6.45) is 1.12. The number of nitrogens with two attached hydrogens (primary N) is 1. The van der Waals surface area contributed by atoms with Gasteiger partial charge in [0.1, 0.15) is 5.75 Å². The molecular weight excluding hydrogens is 284 g/mol. The molecule has 1 aromatic carbocycles. The monoisotopic (exact) mass is 299 g/mol. The van der Waals surface area contributed by atoms with E-state index in [4.69, 9.17) is 5.73 Å². The maximum Gasteiger partial charge on any atom is 0.387 e. The van der Waals surface area contributed by atoms with Gasteiger partial charge < -0.3 is 10.5 Å². The number of aryl methyl sites for hydroxylation is 1. The second-order valence-corrected chi connectivity index (χ2v) is 4.17. The van der Waals surface area contributed by atoms with Gasteiger partial charge in [-0.15, -0.1) is 0 Å². The number of halogens is 2. The van der Waals surface area contributed by atoms with Crippen molar-refractivity contribution >= 4 is 17.5 Å². The van der Waals surface area contributed by atoms with Gasteiger partial charge in [0.05, 0.1) is 0 Å². The quantitative estimate of drug-likeness (QED) is 0.469. The highest BCUT2D eigenvalue weighted by Gasteiger charge is 2.07. The topological polar surface area (TPSA) is 93.8 Å². The predicted molar refractivity (Wildman–Crippen MR) is 71.8 cm³/mol. The van der Waals surface area contributed by atoms with Gasteiger partial charge in [0.2, 0.25) is 0 Å². The van der Waals surface area contributed by atoms with Crippen LogP contribution in [0.3, 0.4) is 0 Å². The zero-order valence-corrected chi connectivity index (χ0v) is 11.3. The molecule has 0 aliphatic heterocycles. The Kier molecular flexibility index (Phi) is 6.25. The van der Waals surface area contributed by atoms with Crippen molar-refractivity contribution in [3.63, 3.8) is 0 Å². The summed E-state index contributed by atoms with van der Waals surface area (Å²) in [5.41, 5.74) is 8.26. The fourth-order valence-corrected chi connectivity index (χ4v) is 1.42. The fraction of sp³-hybridized carbons (Fsp3) is 0.308. The second kappa shape index (κ2) is 7.93. The molecule has 0 saturated carbocycles. The van der Waals surface area contributed by atoms with E-state index in [1.807, 2.05) is 5.43 Å². The third kappa shape index (κ3) is 6.46. The number of amides is 2. The Balaban J connectivity index is 2.45. The van der Waals surface area contributed by atoms with Gasteiger partial charge in [0, 0.05) is 5.71 Å². The van der Waals surface area contributed by atoms with Crippen LogP contribution in [0.4, 0.5) is 8.78 Å². The lowest BCUT2D eigenvalue weighted by Gasteiger charge is -2.06. The zero-order valence-electron chi connectivity index (χ0n) is 11.3. The average molecular weight is 299 g/mol. The number of hydrogen-bond acceptors (Lipinski definition) is 4. The van der Waals surface area contributed by atoms with Crippen LogP contribution in [0.5, 0.6) is 5.75 Å². The van der Waals surface area contributed by atoms with Crippen molar-refractivity contribution in [2.75, 3.05) is 0 Å². The number of rotatable bonds is 6. The first-order chi connectivity index (χ1) is 9.88. The highest BCUT2D eigenvalue weighted by molar-refractivity contribution is 6.34. The molecule has 1 aromatic rings. The Labute approximate surface area is 120 Å². The molecule has 6 nitrogen and oxygen atoms in total. The molecule has 8 heteroatoms. The summed E-state index contributed by atoms with van der Waals surface area (Å²) in [6.45, 7) is -1.17. The molecule has 0 aliphatic carbocycles. The van der Waals surface area contributed by atoms with E-state index in [9.17, 15) is 18.4 Å². The van der Waals surface area contributed by atoms with Crippen LogP contribution >= 0.6 is 0 Å². The van der Waals surface area contributed by atoms with E-state index >= 15 is 0 Å². The van der Waals surface area contributed by atoms with E-state index in [0.717, 1.165) is 5.56 Å². The number of alkyl halides is 2. The van der Waals surface area contributed by atoms with E-state index in [-0.39, 0.29) is 5.75 Å². The Bertz CT molecular complexity index is 530. The molecule has 0 bridgehead atoms. The Morgan fingerprint density at radius 2 is 1.95 bits per heavy atom. The third-order valence-corrected chi connectivity index (χ3v) is 2.50. The summed E-state index contributed by atoms with van der Waals surface area (Å²) in [5.74, 6) is -2.00. The van der Waals surface area contributed by atoms with Crippen LogP contribution in [0, 0.1) is 0 Å². The Hall–Kier alpha value is -2.51. The lowest BCUT2D eigenvalue weighted by Crippen LogP contribution is -2.33. The van der Waals surface area contributed by atoms with Crippen molar-refractivity contribution in [3.8, 4) is 5.75 Å². The molecule has 1 rings (SSSR count). The van der Waals surface area contributed by atoms with Crippen LogP contribution < -0.4 is 15.9 Å². The number of carbonyl (C=O) groups is 2. The van der Waals surface area contributed by atoms with E-state index in [1.54, 1.807) is 19.1 Å². The summed E-state index contributed by atoms with van der Waals surface area (Å²) in [7, 11) is 0. The van der Waals surface area contributed by atoms with E-state index in [1.165, 1.54) is 12.1 Å². The van der Waals surface area contributed by atoms with Gasteiger partial charge >= 0.3 is 18.4 Å². The first kappa shape index (κ1) is 16.5. The lowest BCUT2D eigenvalue weighted by atomic mass is 10.1. The SMILES string of the molecule is C/C(CCc1ccc(OC(F)F)cc1)=N/NC(=O)C(N)=O. The minimum atomic E-state index is -2.85. The number of hydrazone groups is 1. The van der Waals surface area contributed by atoms with Gasteiger partial charge in [0.15, 0.2) is 0 Å². The molecule has 0 saturated heterocycles. The molecule has 0 fully saturated rings. The molecule has 0 aliphatic rings. The summed E-state index contributed by atoms with van der Waals surface area (Å²) in [4.78, 5) is 21.4. The minimum absolute atomic E-state index is 0.0906. The van der Waals surface area contributed by atoms with Crippen molar-refractivity contribution in [2.45, 2.75) is 26.4 Å². The minimum Gasteiger partial charge on any atom is -0.435 e. The van der Waals surface area contributed by atoms with Crippen molar-refractivity contribution < 1.29 is 23.1 Å². The maximum atomic E-state index is 12.0. The van der Waals surface area contributed by atoms with Crippen LogP contribution in [0.2, 0.25) is 0 Å². The largest absolute Gasteiger partial charge is 0.435 e. The van der Waals surface area contributed by atoms with E-state index in [2.05, 4.69) is 9.84 Å². The number of ether oxygens (including phenoxy) is 1. The Morgan fingerprint density at radius 1 is 1.33 bits per heavy atom. The highest BCUT2D eigenvalue weighted by atomic mass is 19.3. The molecule has 0 unspecified atom stereocenters. The normalized spacial score (nSPS) is 11.3. The van der Waals surface area contributed by atoms with Gasteiger partial charge in [-0.25, -0.2) is 5.43 Å². The number of hydrogen-bond donors (Lipinski definition) is 2. The average Bonchev–Trinajstić information content (AvgIpc) is 2.43. The molecule has 0 radical (unpaired) electrons. The number of primary amides is 1. The van der Waals surface area contributed by atoms with E-state index in [0.29, 0.717) is 18.6 Å². The number of benzene rings is 1. The number of nitrogens with zero attached hydrogens (tertiary/aromatic N) is 1. The first-order valence-corrected chi connectivity index (χ1v) is 6.05. The summed E-state index contributed by atoms with van der Waals surface area (Å²) in [6, 6.07) is 6.21. The molecule has 0 spiro atoms. The summed E-state index contributed by atoms with van der Waals surface area (Å²) >= 11 is 0. The van der Waals surface area contributed by atoms with Crippen LogP contribution in [0.1, 0.15) is 18.9 Å². The molecule has 21 heavy (non-hydrogen) atoms. The summed E-state index contributed by atoms with van der Waals surface area (Å²) in [5, 5.41) is 3.71. The molecule has 3 N–H and O–H groups in total. The van der Waals surface area contributed by atoms with Crippen molar-refractivity contribution in [1.82, 2.24) is 5.43 Å². The van der Waals surface area contributed by atoms with Gasteiger partial charge in [0.25, 0.3) is 0 Å². The standard InChI is InChI=1S/C13H15F2N3O3/c1-8(17-18-12(20)11(16)19)2-3-9-4-6-10(7-5-9)21-13(14)15/h4-7,13H,2-3H2,1H3,(H2,16,19)(H,18,20)/b17-8-. The first-order valence-electron chi connectivity index (χ1n) is 6.05.